The number of aromatic nitrogens is 1. The number of allylic oxidation sites excluding steroid dienone is 6. The maximum Gasteiger partial charge on any atom is 0.0701 e. The standard InChI is InChI=1S/C15H15N/c1-3-5-6-7-8-12-15-14(10-4-2)11-9-13-16-15/h3-13H,1-2H2/b6-5-,8-7-,14-10-,15-12+. The Labute approximate surface area is 96.2 Å². The van der Waals surface area contributed by atoms with Crippen LogP contribution >= 0.6 is 0 Å². The summed E-state index contributed by atoms with van der Waals surface area (Å²) in [5, 5.41) is 2.00. The molecule has 0 aliphatic heterocycles. The predicted molar refractivity (Wildman–Crippen MR) is 71.1 cm³/mol. The molecule has 0 N–H and O–H groups in total. The van der Waals surface area contributed by atoms with Crippen LogP contribution in [0.15, 0.2) is 67.9 Å². The van der Waals surface area contributed by atoms with Gasteiger partial charge >= 0.3 is 0 Å². The van der Waals surface area contributed by atoms with Gasteiger partial charge in [-0.3, -0.25) is 4.98 Å². The fraction of sp³-hybridized carbons (Fsp3) is 0. The summed E-state index contributed by atoms with van der Waals surface area (Å²) in [7, 11) is 0. The van der Waals surface area contributed by atoms with Gasteiger partial charge in [-0.15, -0.1) is 0 Å². The highest BCUT2D eigenvalue weighted by Gasteiger charge is 1.81. The number of hydrogen-bond acceptors (Lipinski definition) is 1. The van der Waals surface area contributed by atoms with Gasteiger partial charge in [0.25, 0.3) is 0 Å². The Balaban J connectivity index is 3.04. The molecule has 0 saturated heterocycles. The molecule has 0 spiro atoms. The van der Waals surface area contributed by atoms with Gasteiger partial charge in [-0.1, -0.05) is 61.8 Å². The molecular weight excluding hydrogens is 194 g/mol. The molecule has 0 radical (unpaired) electrons. The van der Waals surface area contributed by atoms with Crippen molar-refractivity contribution in [2.24, 2.45) is 0 Å². The third-order valence-corrected chi connectivity index (χ3v) is 1.89. The Morgan fingerprint density at radius 3 is 2.50 bits per heavy atom. The van der Waals surface area contributed by atoms with E-state index in [2.05, 4.69) is 18.1 Å². The molecular formula is C15H15N. The molecule has 16 heavy (non-hydrogen) atoms. The summed E-state index contributed by atoms with van der Waals surface area (Å²) in [6.07, 6.45) is 16.9. The minimum absolute atomic E-state index is 0.936. The van der Waals surface area contributed by atoms with E-state index < -0.39 is 0 Å². The minimum Gasteiger partial charge on any atom is -0.256 e. The van der Waals surface area contributed by atoms with Crippen molar-refractivity contribution in [3.05, 3.63) is 78.5 Å². The number of hydrogen-bond donors (Lipinski definition) is 0. The highest BCUT2D eigenvalue weighted by molar-refractivity contribution is 5.41. The molecule has 0 aliphatic carbocycles. The molecule has 1 heteroatoms. The molecule has 0 aliphatic rings. The summed E-state index contributed by atoms with van der Waals surface area (Å²) >= 11 is 0. The normalized spacial score (nSPS) is 13.8. The van der Waals surface area contributed by atoms with Gasteiger partial charge < -0.3 is 0 Å². The van der Waals surface area contributed by atoms with Gasteiger partial charge in [0.1, 0.15) is 0 Å². The summed E-state index contributed by atoms with van der Waals surface area (Å²) < 4.78 is 0. The third kappa shape index (κ3) is 3.93. The van der Waals surface area contributed by atoms with E-state index in [9.17, 15) is 0 Å². The number of nitrogens with zero attached hydrogens (tertiary/aromatic N) is 1. The topological polar surface area (TPSA) is 12.9 Å². The van der Waals surface area contributed by atoms with E-state index in [1.54, 1.807) is 18.3 Å². The quantitative estimate of drug-likeness (QED) is 0.692. The third-order valence-electron chi connectivity index (χ3n) is 1.89. The van der Waals surface area contributed by atoms with E-state index >= 15 is 0 Å². The SMILES string of the molecule is C=C\C=C/C=C\C=c1\nccc\c1=C\C=C. The van der Waals surface area contributed by atoms with Gasteiger partial charge in [0, 0.05) is 11.4 Å². The van der Waals surface area contributed by atoms with Crippen LogP contribution < -0.4 is 10.6 Å². The fourth-order valence-corrected chi connectivity index (χ4v) is 1.19. The summed E-state index contributed by atoms with van der Waals surface area (Å²) in [6, 6.07) is 3.92. The monoisotopic (exact) mass is 209 g/mol. The van der Waals surface area contributed by atoms with E-state index in [-0.39, 0.29) is 0 Å². The van der Waals surface area contributed by atoms with E-state index in [0.29, 0.717) is 0 Å². The van der Waals surface area contributed by atoms with Gasteiger partial charge in [-0.2, -0.15) is 0 Å². The fourth-order valence-electron chi connectivity index (χ4n) is 1.19. The van der Waals surface area contributed by atoms with Crippen LogP contribution in [0, 0.1) is 0 Å². The Morgan fingerprint density at radius 2 is 1.75 bits per heavy atom. The van der Waals surface area contributed by atoms with E-state index in [0.717, 1.165) is 10.6 Å². The van der Waals surface area contributed by atoms with Crippen molar-refractivity contribution >= 4 is 12.2 Å². The molecule has 0 amide bonds. The zero-order valence-corrected chi connectivity index (χ0v) is 9.21. The molecule has 1 aromatic rings. The Kier molecular flexibility index (Phi) is 5.35. The highest BCUT2D eigenvalue weighted by atomic mass is 14.6. The average molecular weight is 209 g/mol. The molecule has 80 valence electrons. The summed E-state index contributed by atoms with van der Waals surface area (Å²) in [5.41, 5.74) is 0. The van der Waals surface area contributed by atoms with Crippen LogP contribution in [-0.2, 0) is 0 Å². The second-order valence-electron chi connectivity index (χ2n) is 3.05. The first-order valence-corrected chi connectivity index (χ1v) is 5.08. The first-order chi connectivity index (χ1) is 7.88. The second-order valence-corrected chi connectivity index (χ2v) is 3.05. The molecule has 1 aromatic heterocycles. The Bertz CT molecular complexity index is 519. The number of pyridine rings is 1. The zero-order valence-electron chi connectivity index (χ0n) is 9.21. The van der Waals surface area contributed by atoms with Gasteiger partial charge in [0.2, 0.25) is 0 Å². The molecule has 1 heterocycles. The molecule has 1 nitrogen and oxygen atoms in total. The van der Waals surface area contributed by atoms with Crippen molar-refractivity contribution < 1.29 is 0 Å². The largest absolute Gasteiger partial charge is 0.256 e. The Hall–Kier alpha value is -2.15. The van der Waals surface area contributed by atoms with Crippen molar-refractivity contribution in [1.29, 1.82) is 0 Å². The van der Waals surface area contributed by atoms with Gasteiger partial charge in [0.05, 0.1) is 5.35 Å². The van der Waals surface area contributed by atoms with E-state index in [1.165, 1.54) is 0 Å². The lowest BCUT2D eigenvalue weighted by molar-refractivity contribution is 1.22. The van der Waals surface area contributed by atoms with Crippen LogP contribution in [0.5, 0.6) is 0 Å². The van der Waals surface area contributed by atoms with E-state index in [4.69, 9.17) is 0 Å². The molecule has 1 rings (SSSR count). The average Bonchev–Trinajstić information content (AvgIpc) is 2.31. The maximum absolute atomic E-state index is 4.29. The van der Waals surface area contributed by atoms with Crippen molar-refractivity contribution in [3.63, 3.8) is 0 Å². The first-order valence-electron chi connectivity index (χ1n) is 5.08. The second kappa shape index (κ2) is 7.18. The van der Waals surface area contributed by atoms with Crippen molar-refractivity contribution in [1.82, 2.24) is 4.98 Å². The van der Waals surface area contributed by atoms with Crippen LogP contribution in [-0.4, -0.2) is 4.98 Å². The molecule has 0 saturated carbocycles. The van der Waals surface area contributed by atoms with Gasteiger partial charge in [-0.25, -0.2) is 0 Å². The summed E-state index contributed by atoms with van der Waals surface area (Å²) in [6.45, 7) is 7.28. The summed E-state index contributed by atoms with van der Waals surface area (Å²) in [5.74, 6) is 0. The maximum atomic E-state index is 4.29. The van der Waals surface area contributed by atoms with Crippen LogP contribution in [0.2, 0.25) is 0 Å². The molecule has 0 unspecified atom stereocenters. The predicted octanol–water partition coefficient (Wildman–Crippen LogP) is 2.13. The van der Waals surface area contributed by atoms with Crippen molar-refractivity contribution in [2.75, 3.05) is 0 Å². The molecule has 0 aromatic carbocycles. The molecule has 0 bridgehead atoms. The lowest BCUT2D eigenvalue weighted by atomic mass is 10.3. The van der Waals surface area contributed by atoms with Crippen LogP contribution in [0.3, 0.4) is 0 Å². The van der Waals surface area contributed by atoms with Crippen LogP contribution in [0.4, 0.5) is 0 Å². The zero-order chi connectivity index (χ0) is 11.6. The van der Waals surface area contributed by atoms with Gasteiger partial charge in [0.15, 0.2) is 0 Å². The van der Waals surface area contributed by atoms with Crippen molar-refractivity contribution in [3.8, 4) is 0 Å². The number of rotatable bonds is 4. The highest BCUT2D eigenvalue weighted by Crippen LogP contribution is 1.78. The first kappa shape index (κ1) is 11.9. The Morgan fingerprint density at radius 1 is 0.938 bits per heavy atom. The minimum atomic E-state index is 0.936. The lowest BCUT2D eigenvalue weighted by Crippen LogP contribution is -2.26. The lowest BCUT2D eigenvalue weighted by Gasteiger charge is -1.86. The van der Waals surface area contributed by atoms with Crippen molar-refractivity contribution in [2.45, 2.75) is 0 Å². The van der Waals surface area contributed by atoms with E-state index in [1.807, 2.05) is 48.6 Å². The molecule has 0 fully saturated rings. The smallest absolute Gasteiger partial charge is 0.0701 e. The van der Waals surface area contributed by atoms with Gasteiger partial charge in [-0.05, 0) is 12.1 Å². The molecule has 0 atom stereocenters. The summed E-state index contributed by atoms with van der Waals surface area (Å²) in [4.78, 5) is 4.29. The van der Waals surface area contributed by atoms with Crippen LogP contribution in [0.25, 0.3) is 12.2 Å². The van der Waals surface area contributed by atoms with Crippen LogP contribution in [0.1, 0.15) is 0 Å².